The molecule has 3 atom stereocenters. The summed E-state index contributed by atoms with van der Waals surface area (Å²) in [6.07, 6.45) is 1.23. The van der Waals surface area contributed by atoms with Gasteiger partial charge in [-0.3, -0.25) is 4.90 Å². The predicted molar refractivity (Wildman–Crippen MR) is 83.5 cm³/mol. The second-order valence-corrected chi connectivity index (χ2v) is 7.05. The molecular formula is C15H20BrClN2. The van der Waals surface area contributed by atoms with Gasteiger partial charge in [0, 0.05) is 28.6 Å². The van der Waals surface area contributed by atoms with Crippen molar-refractivity contribution in [3.8, 4) is 0 Å². The standard InChI is InChI=1S/C15H20BrClN2/c1-2-15-13-7-18-6-11(13)9-19(15)8-10-3-4-12(16)5-14(10)17/h3-5,11,13,15,18H,2,6-9H2,1H3. The molecule has 2 fully saturated rings. The molecule has 2 nitrogen and oxygen atoms in total. The highest BCUT2D eigenvalue weighted by Gasteiger charge is 2.42. The fraction of sp³-hybridized carbons (Fsp3) is 0.600. The summed E-state index contributed by atoms with van der Waals surface area (Å²) >= 11 is 9.82. The molecule has 1 aromatic rings. The third kappa shape index (κ3) is 2.71. The molecule has 3 unspecified atom stereocenters. The first-order valence-corrected chi connectivity index (χ1v) is 8.25. The molecule has 0 saturated carbocycles. The first-order valence-electron chi connectivity index (χ1n) is 7.07. The normalized spacial score (nSPS) is 30.8. The van der Waals surface area contributed by atoms with Gasteiger partial charge in [0.05, 0.1) is 0 Å². The Hall–Kier alpha value is -0.0900. The van der Waals surface area contributed by atoms with Gasteiger partial charge in [-0.25, -0.2) is 0 Å². The molecule has 104 valence electrons. The van der Waals surface area contributed by atoms with Crippen molar-refractivity contribution in [1.82, 2.24) is 10.2 Å². The van der Waals surface area contributed by atoms with Gasteiger partial charge in [-0.15, -0.1) is 0 Å². The molecule has 2 aliphatic heterocycles. The number of fused-ring (bicyclic) bond motifs is 1. The quantitative estimate of drug-likeness (QED) is 0.903. The van der Waals surface area contributed by atoms with Crippen molar-refractivity contribution in [2.75, 3.05) is 19.6 Å². The van der Waals surface area contributed by atoms with Gasteiger partial charge >= 0.3 is 0 Å². The molecule has 0 radical (unpaired) electrons. The summed E-state index contributed by atoms with van der Waals surface area (Å²) in [6.45, 7) is 6.88. The van der Waals surface area contributed by atoms with Crippen molar-refractivity contribution in [1.29, 1.82) is 0 Å². The number of hydrogen-bond acceptors (Lipinski definition) is 2. The van der Waals surface area contributed by atoms with Crippen LogP contribution in [0.2, 0.25) is 5.02 Å². The van der Waals surface area contributed by atoms with E-state index in [0.29, 0.717) is 6.04 Å². The number of nitrogens with one attached hydrogen (secondary N) is 1. The van der Waals surface area contributed by atoms with Gasteiger partial charge in [0.25, 0.3) is 0 Å². The smallest absolute Gasteiger partial charge is 0.0462 e. The molecule has 0 amide bonds. The summed E-state index contributed by atoms with van der Waals surface area (Å²) in [5.74, 6) is 1.67. The van der Waals surface area contributed by atoms with Crippen LogP contribution in [0, 0.1) is 11.8 Å². The van der Waals surface area contributed by atoms with Crippen molar-refractivity contribution in [2.24, 2.45) is 11.8 Å². The van der Waals surface area contributed by atoms with Gasteiger partial charge < -0.3 is 5.32 Å². The van der Waals surface area contributed by atoms with E-state index < -0.39 is 0 Å². The maximum Gasteiger partial charge on any atom is 0.0462 e. The van der Waals surface area contributed by atoms with Crippen LogP contribution in [0.25, 0.3) is 0 Å². The summed E-state index contributed by atoms with van der Waals surface area (Å²) in [5, 5.41) is 4.41. The molecule has 0 aromatic heterocycles. The summed E-state index contributed by atoms with van der Waals surface area (Å²) < 4.78 is 1.05. The van der Waals surface area contributed by atoms with Crippen molar-refractivity contribution in [2.45, 2.75) is 25.9 Å². The van der Waals surface area contributed by atoms with Crippen LogP contribution in [0.4, 0.5) is 0 Å². The van der Waals surface area contributed by atoms with Crippen LogP contribution >= 0.6 is 27.5 Å². The lowest BCUT2D eigenvalue weighted by Crippen LogP contribution is -2.34. The van der Waals surface area contributed by atoms with Gasteiger partial charge in [0.2, 0.25) is 0 Å². The van der Waals surface area contributed by atoms with Crippen LogP contribution in [-0.2, 0) is 6.54 Å². The van der Waals surface area contributed by atoms with E-state index in [1.54, 1.807) is 0 Å². The lowest BCUT2D eigenvalue weighted by molar-refractivity contribution is 0.210. The van der Waals surface area contributed by atoms with E-state index in [1.165, 1.54) is 31.6 Å². The van der Waals surface area contributed by atoms with Gasteiger partial charge in [-0.1, -0.05) is 40.5 Å². The third-order valence-corrected chi connectivity index (χ3v) is 5.48. The average molecular weight is 344 g/mol. The fourth-order valence-electron chi connectivity index (χ4n) is 3.72. The summed E-state index contributed by atoms with van der Waals surface area (Å²) in [5.41, 5.74) is 1.25. The predicted octanol–water partition coefficient (Wildman–Crippen LogP) is 3.53. The fourth-order valence-corrected chi connectivity index (χ4v) is 4.46. The van der Waals surface area contributed by atoms with Crippen LogP contribution in [0.3, 0.4) is 0 Å². The van der Waals surface area contributed by atoms with Crippen molar-refractivity contribution in [3.05, 3.63) is 33.3 Å². The number of benzene rings is 1. The van der Waals surface area contributed by atoms with Gasteiger partial charge in [0.15, 0.2) is 0 Å². The molecule has 2 saturated heterocycles. The van der Waals surface area contributed by atoms with Crippen molar-refractivity contribution in [3.63, 3.8) is 0 Å². The SMILES string of the molecule is CCC1C2CNCC2CN1Cc1ccc(Br)cc1Cl. The Kier molecular flexibility index (Phi) is 4.18. The monoisotopic (exact) mass is 342 g/mol. The van der Waals surface area contributed by atoms with Crippen molar-refractivity contribution < 1.29 is 0 Å². The molecule has 4 heteroatoms. The van der Waals surface area contributed by atoms with Gasteiger partial charge in [0.1, 0.15) is 0 Å². The number of hydrogen-bond donors (Lipinski definition) is 1. The molecule has 19 heavy (non-hydrogen) atoms. The van der Waals surface area contributed by atoms with Crippen molar-refractivity contribution >= 4 is 27.5 Å². The van der Waals surface area contributed by atoms with Crippen LogP contribution in [0.5, 0.6) is 0 Å². The Morgan fingerprint density at radius 3 is 3.00 bits per heavy atom. The summed E-state index contributed by atoms with van der Waals surface area (Å²) in [7, 11) is 0. The number of halogens is 2. The van der Waals surface area contributed by atoms with Crippen LogP contribution in [-0.4, -0.2) is 30.6 Å². The zero-order chi connectivity index (χ0) is 13.4. The zero-order valence-electron chi connectivity index (χ0n) is 11.2. The highest BCUT2D eigenvalue weighted by atomic mass is 79.9. The van der Waals surface area contributed by atoms with Crippen LogP contribution < -0.4 is 5.32 Å². The topological polar surface area (TPSA) is 15.3 Å². The lowest BCUT2D eigenvalue weighted by Gasteiger charge is -2.27. The maximum atomic E-state index is 6.35. The van der Waals surface area contributed by atoms with E-state index in [-0.39, 0.29) is 0 Å². The van der Waals surface area contributed by atoms with Crippen LogP contribution in [0.15, 0.2) is 22.7 Å². The minimum atomic E-state index is 0.708. The lowest BCUT2D eigenvalue weighted by atomic mass is 9.93. The molecule has 2 aliphatic rings. The Morgan fingerprint density at radius 1 is 1.42 bits per heavy atom. The van der Waals surface area contributed by atoms with E-state index in [1.807, 2.05) is 6.07 Å². The molecule has 3 rings (SSSR count). The highest BCUT2D eigenvalue weighted by Crippen LogP contribution is 2.36. The summed E-state index contributed by atoms with van der Waals surface area (Å²) in [4.78, 5) is 2.63. The molecule has 2 heterocycles. The maximum absolute atomic E-state index is 6.35. The Labute approximate surface area is 128 Å². The second kappa shape index (κ2) is 5.72. The molecule has 1 N–H and O–H groups in total. The largest absolute Gasteiger partial charge is 0.316 e. The van der Waals surface area contributed by atoms with E-state index in [9.17, 15) is 0 Å². The van der Waals surface area contributed by atoms with E-state index in [0.717, 1.165) is 27.9 Å². The molecule has 0 aliphatic carbocycles. The Morgan fingerprint density at radius 2 is 2.26 bits per heavy atom. The average Bonchev–Trinajstić information content (AvgIpc) is 2.92. The molecular weight excluding hydrogens is 324 g/mol. The zero-order valence-corrected chi connectivity index (χ0v) is 13.5. The minimum Gasteiger partial charge on any atom is -0.316 e. The molecule has 0 bridgehead atoms. The Bertz CT molecular complexity index is 465. The van der Waals surface area contributed by atoms with E-state index in [2.05, 4.69) is 45.2 Å². The molecule has 0 spiro atoms. The first kappa shape index (κ1) is 13.9. The third-order valence-electron chi connectivity index (χ3n) is 4.63. The number of rotatable bonds is 3. The minimum absolute atomic E-state index is 0.708. The van der Waals surface area contributed by atoms with Gasteiger partial charge in [-0.05, 0) is 49.0 Å². The summed E-state index contributed by atoms with van der Waals surface area (Å²) in [6, 6.07) is 6.93. The number of likely N-dealkylation sites (tertiary alicyclic amines) is 1. The second-order valence-electron chi connectivity index (χ2n) is 5.72. The van der Waals surface area contributed by atoms with Gasteiger partial charge in [-0.2, -0.15) is 0 Å². The molecule has 1 aromatic carbocycles. The number of nitrogens with zero attached hydrogens (tertiary/aromatic N) is 1. The van der Waals surface area contributed by atoms with E-state index >= 15 is 0 Å². The van der Waals surface area contributed by atoms with Crippen LogP contribution in [0.1, 0.15) is 18.9 Å². The Balaban J connectivity index is 1.76. The highest BCUT2D eigenvalue weighted by molar-refractivity contribution is 9.10. The first-order chi connectivity index (χ1) is 9.19. The van der Waals surface area contributed by atoms with E-state index in [4.69, 9.17) is 11.6 Å².